The van der Waals surface area contributed by atoms with E-state index in [1.807, 2.05) is 20.0 Å². The molecule has 0 spiro atoms. The third kappa shape index (κ3) is 5.50. The third-order valence-corrected chi connectivity index (χ3v) is 3.82. The molecule has 0 saturated heterocycles. The fourth-order valence-electron chi connectivity index (χ4n) is 2.34. The Morgan fingerprint density at radius 3 is 2.61 bits per heavy atom. The van der Waals surface area contributed by atoms with Crippen molar-refractivity contribution in [1.82, 2.24) is 30.4 Å². The molecule has 0 unspecified atom stereocenters. The van der Waals surface area contributed by atoms with Crippen LogP contribution >= 0.6 is 0 Å². The quantitative estimate of drug-likeness (QED) is 0.481. The Hall–Kier alpha value is -3.49. The second-order valence-electron chi connectivity index (χ2n) is 5.91. The molecular weight excluding hydrogens is 361 g/mol. The number of aryl methyl sites for hydroxylation is 1. The topological polar surface area (TPSA) is 89.2 Å². The summed E-state index contributed by atoms with van der Waals surface area (Å²) in [4.78, 5) is 13.0. The molecule has 0 bridgehead atoms. The summed E-state index contributed by atoms with van der Waals surface area (Å²) in [5.41, 5.74) is 0.933. The van der Waals surface area contributed by atoms with Crippen LogP contribution in [0.4, 0.5) is 4.39 Å². The largest absolute Gasteiger partial charge is 0.439 e. The van der Waals surface area contributed by atoms with Crippen molar-refractivity contribution in [2.75, 3.05) is 6.54 Å². The van der Waals surface area contributed by atoms with Crippen molar-refractivity contribution >= 4 is 5.96 Å². The maximum atomic E-state index is 12.9. The summed E-state index contributed by atoms with van der Waals surface area (Å²) in [6, 6.07) is 9.44. The number of hydrogen-bond acceptors (Lipinski definition) is 5. The number of nitrogens with zero attached hydrogens (tertiary/aromatic N) is 5. The fourth-order valence-corrected chi connectivity index (χ4v) is 2.34. The maximum Gasteiger partial charge on any atom is 0.219 e. The Bertz CT molecular complexity index is 907. The molecule has 2 aromatic heterocycles. The molecule has 8 nitrogen and oxygen atoms in total. The zero-order valence-corrected chi connectivity index (χ0v) is 15.8. The van der Waals surface area contributed by atoms with Crippen molar-refractivity contribution in [3.8, 4) is 11.6 Å². The number of pyridine rings is 1. The molecular formula is C19H22FN7O. The smallest absolute Gasteiger partial charge is 0.219 e. The van der Waals surface area contributed by atoms with E-state index in [1.165, 1.54) is 18.5 Å². The lowest BCUT2D eigenvalue weighted by atomic mass is 10.3. The van der Waals surface area contributed by atoms with Crippen molar-refractivity contribution in [3.05, 3.63) is 66.1 Å². The second-order valence-corrected chi connectivity index (χ2v) is 5.91. The maximum absolute atomic E-state index is 12.9. The average molecular weight is 383 g/mol. The molecule has 0 fully saturated rings. The number of ether oxygens (including phenoxy) is 1. The third-order valence-electron chi connectivity index (χ3n) is 3.82. The lowest BCUT2D eigenvalue weighted by Crippen LogP contribution is -2.37. The predicted molar refractivity (Wildman–Crippen MR) is 103 cm³/mol. The molecule has 2 heterocycles. The molecule has 2 N–H and O–H groups in total. The molecule has 9 heteroatoms. The van der Waals surface area contributed by atoms with E-state index in [0.29, 0.717) is 30.7 Å². The van der Waals surface area contributed by atoms with Gasteiger partial charge in [-0.05, 0) is 36.8 Å². The van der Waals surface area contributed by atoms with Crippen LogP contribution in [0, 0.1) is 5.82 Å². The number of guanidine groups is 1. The molecule has 0 radical (unpaired) electrons. The molecule has 0 aliphatic rings. The van der Waals surface area contributed by atoms with Crippen molar-refractivity contribution in [2.45, 2.75) is 20.0 Å². The van der Waals surface area contributed by atoms with Crippen molar-refractivity contribution in [1.29, 1.82) is 0 Å². The van der Waals surface area contributed by atoms with Gasteiger partial charge in [0.15, 0.2) is 5.96 Å². The van der Waals surface area contributed by atoms with Crippen molar-refractivity contribution < 1.29 is 9.13 Å². The van der Waals surface area contributed by atoms with Crippen molar-refractivity contribution in [3.63, 3.8) is 0 Å². The SMILES string of the molecule is CCNC(=NCc1ccc(Oc2ccc(F)cc2)nc1)NCc1ncnn1C. The number of halogens is 1. The molecule has 0 aliphatic heterocycles. The monoisotopic (exact) mass is 383 g/mol. The molecule has 28 heavy (non-hydrogen) atoms. The molecule has 0 aliphatic carbocycles. The lowest BCUT2D eigenvalue weighted by molar-refractivity contribution is 0.461. The number of aliphatic imine (C=N–C) groups is 1. The molecule has 1 aromatic carbocycles. The zero-order valence-electron chi connectivity index (χ0n) is 15.8. The van der Waals surface area contributed by atoms with Gasteiger partial charge in [0, 0.05) is 25.9 Å². The standard InChI is InChI=1S/C19H22FN7O/c1-3-21-19(24-12-17-25-13-26-27(17)2)23-11-14-4-9-18(22-10-14)28-16-7-5-15(20)6-8-16/h4-10,13H,3,11-12H2,1-2H3,(H2,21,23,24). The highest BCUT2D eigenvalue weighted by Gasteiger charge is 2.04. The Labute approximate surface area is 162 Å². The van der Waals surface area contributed by atoms with E-state index in [1.54, 1.807) is 29.1 Å². The summed E-state index contributed by atoms with van der Waals surface area (Å²) >= 11 is 0. The van der Waals surface area contributed by atoms with Gasteiger partial charge in [-0.2, -0.15) is 5.10 Å². The summed E-state index contributed by atoms with van der Waals surface area (Å²) in [5.74, 6) is 2.15. The van der Waals surface area contributed by atoms with Crippen LogP contribution in [0.3, 0.4) is 0 Å². The van der Waals surface area contributed by atoms with Crippen LogP contribution in [-0.2, 0) is 20.1 Å². The van der Waals surface area contributed by atoms with Gasteiger partial charge >= 0.3 is 0 Å². The average Bonchev–Trinajstić information content (AvgIpc) is 3.12. The Kier molecular flexibility index (Phi) is 6.50. The molecule has 3 aromatic rings. The van der Waals surface area contributed by atoms with E-state index >= 15 is 0 Å². The van der Waals surface area contributed by atoms with Gasteiger partial charge in [-0.15, -0.1) is 0 Å². The van der Waals surface area contributed by atoms with E-state index in [2.05, 4.69) is 30.7 Å². The van der Waals surface area contributed by atoms with Gasteiger partial charge in [0.25, 0.3) is 0 Å². The molecule has 3 rings (SSSR count). The highest BCUT2D eigenvalue weighted by molar-refractivity contribution is 5.79. The van der Waals surface area contributed by atoms with Crippen LogP contribution in [0.2, 0.25) is 0 Å². The van der Waals surface area contributed by atoms with Gasteiger partial charge in [0.05, 0.1) is 13.1 Å². The lowest BCUT2D eigenvalue weighted by Gasteiger charge is -2.11. The predicted octanol–water partition coefficient (Wildman–Crippen LogP) is 2.40. The highest BCUT2D eigenvalue weighted by Crippen LogP contribution is 2.19. The van der Waals surface area contributed by atoms with Crippen LogP contribution in [0.15, 0.2) is 53.9 Å². The van der Waals surface area contributed by atoms with Crippen LogP contribution in [-0.4, -0.2) is 32.3 Å². The Balaban J connectivity index is 1.57. The summed E-state index contributed by atoms with van der Waals surface area (Å²) in [5, 5.41) is 10.5. The van der Waals surface area contributed by atoms with Crippen LogP contribution < -0.4 is 15.4 Å². The first kappa shape index (κ1) is 19.3. The summed E-state index contributed by atoms with van der Waals surface area (Å²) in [7, 11) is 1.84. The van der Waals surface area contributed by atoms with E-state index in [-0.39, 0.29) is 5.82 Å². The second kappa shape index (κ2) is 9.45. The number of aromatic nitrogens is 4. The molecule has 0 atom stereocenters. The highest BCUT2D eigenvalue weighted by atomic mass is 19.1. The first-order chi connectivity index (χ1) is 13.6. The van der Waals surface area contributed by atoms with Crippen LogP contribution in [0.1, 0.15) is 18.3 Å². The molecule has 0 saturated carbocycles. The number of benzene rings is 1. The zero-order chi connectivity index (χ0) is 19.8. The van der Waals surface area contributed by atoms with Gasteiger partial charge < -0.3 is 15.4 Å². The minimum atomic E-state index is -0.308. The van der Waals surface area contributed by atoms with E-state index in [9.17, 15) is 4.39 Å². The van der Waals surface area contributed by atoms with Gasteiger partial charge in [0.2, 0.25) is 5.88 Å². The number of hydrogen-bond donors (Lipinski definition) is 2. The van der Waals surface area contributed by atoms with Crippen LogP contribution in [0.25, 0.3) is 0 Å². The Morgan fingerprint density at radius 1 is 1.14 bits per heavy atom. The summed E-state index contributed by atoms with van der Waals surface area (Å²) in [6.07, 6.45) is 3.22. The van der Waals surface area contributed by atoms with Gasteiger partial charge in [-0.25, -0.2) is 19.4 Å². The van der Waals surface area contributed by atoms with Crippen LogP contribution in [0.5, 0.6) is 11.6 Å². The van der Waals surface area contributed by atoms with E-state index in [4.69, 9.17) is 4.74 Å². The van der Waals surface area contributed by atoms with E-state index < -0.39 is 0 Å². The number of rotatable bonds is 7. The molecule has 0 amide bonds. The first-order valence-corrected chi connectivity index (χ1v) is 8.87. The van der Waals surface area contributed by atoms with Gasteiger partial charge in [-0.3, -0.25) is 4.68 Å². The van der Waals surface area contributed by atoms with Gasteiger partial charge in [0.1, 0.15) is 23.7 Å². The summed E-state index contributed by atoms with van der Waals surface area (Å²) in [6.45, 7) is 3.72. The summed E-state index contributed by atoms with van der Waals surface area (Å²) < 4.78 is 20.2. The normalized spacial score (nSPS) is 11.3. The minimum absolute atomic E-state index is 0.308. The van der Waals surface area contributed by atoms with Gasteiger partial charge in [-0.1, -0.05) is 6.07 Å². The Morgan fingerprint density at radius 2 is 1.96 bits per heavy atom. The van der Waals surface area contributed by atoms with E-state index in [0.717, 1.165) is 17.9 Å². The minimum Gasteiger partial charge on any atom is -0.439 e. The fraction of sp³-hybridized carbons (Fsp3) is 0.263. The molecule has 146 valence electrons. The van der Waals surface area contributed by atoms with Crippen molar-refractivity contribution in [2.24, 2.45) is 12.0 Å². The first-order valence-electron chi connectivity index (χ1n) is 8.87. The number of nitrogens with one attached hydrogen (secondary N) is 2.